The van der Waals surface area contributed by atoms with Crippen LogP contribution in [0.1, 0.15) is 13.3 Å². The Labute approximate surface area is 96.7 Å². The number of nitrogens with one attached hydrogen (secondary N) is 1. The highest BCUT2D eigenvalue weighted by molar-refractivity contribution is 7.13. The van der Waals surface area contributed by atoms with Gasteiger partial charge >= 0.3 is 0 Å². The molecule has 1 N–H and O–H groups in total. The molecule has 0 aromatic carbocycles. The molecular formula is C9H12N4O2S. The number of carbonyl (C=O) groups is 2. The van der Waals surface area contributed by atoms with E-state index in [-0.39, 0.29) is 17.7 Å². The van der Waals surface area contributed by atoms with Gasteiger partial charge in [0, 0.05) is 19.5 Å². The van der Waals surface area contributed by atoms with Crippen LogP contribution in [0, 0.1) is 5.92 Å². The lowest BCUT2D eigenvalue weighted by Gasteiger charge is -2.12. The van der Waals surface area contributed by atoms with Crippen molar-refractivity contribution in [3.63, 3.8) is 0 Å². The zero-order valence-electron chi connectivity index (χ0n) is 8.84. The average molecular weight is 240 g/mol. The summed E-state index contributed by atoms with van der Waals surface area (Å²) in [5.41, 5.74) is 1.55. The first-order valence-electron chi connectivity index (χ1n) is 5.05. The van der Waals surface area contributed by atoms with Gasteiger partial charge in [0.05, 0.1) is 5.92 Å². The average Bonchev–Trinajstić information content (AvgIpc) is 2.87. The first-order chi connectivity index (χ1) is 7.70. The molecule has 1 atom stereocenters. The summed E-state index contributed by atoms with van der Waals surface area (Å²) in [5.74, 6) is -0.377. The predicted molar refractivity (Wildman–Crippen MR) is 58.9 cm³/mol. The molecular weight excluding hydrogens is 228 g/mol. The molecule has 2 rings (SSSR count). The molecule has 1 aliphatic rings. The summed E-state index contributed by atoms with van der Waals surface area (Å²) < 4.78 is 0. The summed E-state index contributed by atoms with van der Waals surface area (Å²) in [6.45, 7) is 3.06. The van der Waals surface area contributed by atoms with Crippen molar-refractivity contribution in [3.8, 4) is 0 Å². The number of hydrogen-bond acceptors (Lipinski definition) is 5. The second-order valence-electron chi connectivity index (χ2n) is 3.57. The second-order valence-corrected chi connectivity index (χ2v) is 4.40. The standard InChI is InChI=1S/C9H12N4O2S/c1-2-13-4-6(3-7(13)14)8(15)11-9-12-10-5-16-9/h5-6H,2-4H2,1H3,(H,11,12,15). The third kappa shape index (κ3) is 2.19. The second kappa shape index (κ2) is 4.56. The number of nitrogens with zero attached hydrogens (tertiary/aromatic N) is 3. The van der Waals surface area contributed by atoms with E-state index in [9.17, 15) is 9.59 Å². The Morgan fingerprint density at radius 2 is 2.56 bits per heavy atom. The molecule has 2 amide bonds. The lowest BCUT2D eigenvalue weighted by atomic mass is 10.1. The Morgan fingerprint density at radius 3 is 3.12 bits per heavy atom. The Hall–Kier alpha value is -1.50. The Morgan fingerprint density at radius 1 is 1.75 bits per heavy atom. The lowest BCUT2D eigenvalue weighted by Crippen LogP contribution is -2.28. The summed E-state index contributed by atoms with van der Waals surface area (Å²) in [7, 11) is 0. The zero-order valence-corrected chi connectivity index (χ0v) is 9.66. The summed E-state index contributed by atoms with van der Waals surface area (Å²) in [5, 5.41) is 10.5. The highest BCUT2D eigenvalue weighted by atomic mass is 32.1. The van der Waals surface area contributed by atoms with E-state index in [0.29, 0.717) is 24.6 Å². The molecule has 6 nitrogen and oxygen atoms in total. The third-order valence-electron chi connectivity index (χ3n) is 2.56. The van der Waals surface area contributed by atoms with Crippen LogP contribution in [0.3, 0.4) is 0 Å². The molecule has 86 valence electrons. The highest BCUT2D eigenvalue weighted by Gasteiger charge is 2.33. The molecule has 1 unspecified atom stereocenters. The van der Waals surface area contributed by atoms with Crippen LogP contribution >= 0.6 is 11.3 Å². The fourth-order valence-electron chi connectivity index (χ4n) is 1.69. The summed E-state index contributed by atoms with van der Waals surface area (Å²) in [6, 6.07) is 0. The van der Waals surface area contributed by atoms with Gasteiger partial charge in [0.1, 0.15) is 5.51 Å². The van der Waals surface area contributed by atoms with E-state index < -0.39 is 0 Å². The van der Waals surface area contributed by atoms with Gasteiger partial charge in [-0.2, -0.15) is 0 Å². The number of rotatable bonds is 3. The Bertz CT molecular complexity index is 392. The molecule has 0 bridgehead atoms. The molecule has 7 heteroatoms. The maximum atomic E-state index is 11.8. The van der Waals surface area contributed by atoms with Crippen molar-refractivity contribution in [1.82, 2.24) is 15.1 Å². The Kier molecular flexibility index (Phi) is 3.14. The van der Waals surface area contributed by atoms with Gasteiger partial charge in [-0.3, -0.25) is 9.59 Å². The quantitative estimate of drug-likeness (QED) is 0.827. The van der Waals surface area contributed by atoms with E-state index in [1.165, 1.54) is 11.3 Å². The van der Waals surface area contributed by atoms with Crippen LogP contribution in [0.25, 0.3) is 0 Å². The zero-order chi connectivity index (χ0) is 11.5. The molecule has 1 saturated heterocycles. The van der Waals surface area contributed by atoms with E-state index >= 15 is 0 Å². The predicted octanol–water partition coefficient (Wildman–Crippen LogP) is 0.345. The van der Waals surface area contributed by atoms with Crippen LogP contribution in [0.2, 0.25) is 0 Å². The number of aromatic nitrogens is 2. The summed E-state index contributed by atoms with van der Waals surface area (Å²) in [6.07, 6.45) is 0.290. The topological polar surface area (TPSA) is 75.2 Å². The molecule has 16 heavy (non-hydrogen) atoms. The SMILES string of the molecule is CCN1CC(C(=O)Nc2nncs2)CC1=O. The third-order valence-corrected chi connectivity index (χ3v) is 3.16. The summed E-state index contributed by atoms with van der Waals surface area (Å²) >= 11 is 1.26. The number of hydrogen-bond donors (Lipinski definition) is 1. The summed E-state index contributed by atoms with van der Waals surface area (Å²) in [4.78, 5) is 24.9. The minimum atomic E-state index is -0.267. The molecule has 1 aliphatic heterocycles. The molecule has 2 heterocycles. The molecule has 0 radical (unpaired) electrons. The monoisotopic (exact) mass is 240 g/mol. The molecule has 0 saturated carbocycles. The van der Waals surface area contributed by atoms with E-state index in [2.05, 4.69) is 15.5 Å². The minimum Gasteiger partial charge on any atom is -0.342 e. The van der Waals surface area contributed by atoms with E-state index in [1.54, 1.807) is 10.4 Å². The van der Waals surface area contributed by atoms with E-state index in [4.69, 9.17) is 0 Å². The van der Waals surface area contributed by atoms with Crippen LogP contribution in [0.15, 0.2) is 5.51 Å². The van der Waals surface area contributed by atoms with Crippen LogP contribution in [-0.2, 0) is 9.59 Å². The molecule has 1 aromatic heterocycles. The number of likely N-dealkylation sites (tertiary alicyclic amines) is 1. The maximum Gasteiger partial charge on any atom is 0.231 e. The molecule has 0 aliphatic carbocycles. The number of anilines is 1. The van der Waals surface area contributed by atoms with Gasteiger partial charge in [0.25, 0.3) is 0 Å². The van der Waals surface area contributed by atoms with Crippen LogP contribution in [0.4, 0.5) is 5.13 Å². The molecule has 1 fully saturated rings. The van der Waals surface area contributed by atoms with Gasteiger partial charge in [0.2, 0.25) is 16.9 Å². The van der Waals surface area contributed by atoms with Gasteiger partial charge < -0.3 is 10.2 Å². The maximum absolute atomic E-state index is 11.8. The fourth-order valence-corrected chi connectivity index (χ4v) is 2.14. The van der Waals surface area contributed by atoms with Crippen molar-refractivity contribution in [2.45, 2.75) is 13.3 Å². The van der Waals surface area contributed by atoms with Gasteiger partial charge in [-0.05, 0) is 6.92 Å². The van der Waals surface area contributed by atoms with Crippen LogP contribution in [-0.4, -0.2) is 40.0 Å². The molecule has 1 aromatic rings. The molecule has 0 spiro atoms. The van der Waals surface area contributed by atoms with Crippen LogP contribution in [0.5, 0.6) is 0 Å². The van der Waals surface area contributed by atoms with E-state index in [1.807, 2.05) is 6.92 Å². The number of amides is 2. The van der Waals surface area contributed by atoms with Crippen molar-refractivity contribution in [2.24, 2.45) is 5.92 Å². The van der Waals surface area contributed by atoms with Crippen molar-refractivity contribution in [3.05, 3.63) is 5.51 Å². The number of carbonyl (C=O) groups excluding carboxylic acids is 2. The fraction of sp³-hybridized carbons (Fsp3) is 0.556. The van der Waals surface area contributed by atoms with Crippen molar-refractivity contribution in [2.75, 3.05) is 18.4 Å². The van der Waals surface area contributed by atoms with E-state index in [0.717, 1.165) is 0 Å². The first kappa shape index (κ1) is 11.0. The van der Waals surface area contributed by atoms with Crippen LogP contribution < -0.4 is 5.32 Å². The van der Waals surface area contributed by atoms with Gasteiger partial charge in [-0.15, -0.1) is 10.2 Å². The normalized spacial score (nSPS) is 20.2. The van der Waals surface area contributed by atoms with Gasteiger partial charge in [-0.25, -0.2) is 0 Å². The highest BCUT2D eigenvalue weighted by Crippen LogP contribution is 2.19. The van der Waals surface area contributed by atoms with Crippen molar-refractivity contribution < 1.29 is 9.59 Å². The lowest BCUT2D eigenvalue weighted by molar-refractivity contribution is -0.128. The minimum absolute atomic E-state index is 0.0416. The van der Waals surface area contributed by atoms with Gasteiger partial charge in [-0.1, -0.05) is 11.3 Å². The smallest absolute Gasteiger partial charge is 0.231 e. The van der Waals surface area contributed by atoms with Crippen molar-refractivity contribution in [1.29, 1.82) is 0 Å². The largest absolute Gasteiger partial charge is 0.342 e. The van der Waals surface area contributed by atoms with Crippen molar-refractivity contribution >= 4 is 28.3 Å². The van der Waals surface area contributed by atoms with Gasteiger partial charge in [0.15, 0.2) is 0 Å². The Balaban J connectivity index is 1.94. The first-order valence-corrected chi connectivity index (χ1v) is 5.93.